The number of carbonyl (C=O) groups is 1. The molecule has 0 fully saturated rings. The molecule has 16 heavy (non-hydrogen) atoms. The van der Waals surface area contributed by atoms with Gasteiger partial charge in [-0.1, -0.05) is 0 Å². The molecule has 2 aromatic heterocycles. The summed E-state index contributed by atoms with van der Waals surface area (Å²) in [5, 5.41) is 0. The van der Waals surface area contributed by atoms with Gasteiger partial charge in [-0.05, 0) is 34.7 Å². The van der Waals surface area contributed by atoms with Crippen molar-refractivity contribution in [1.29, 1.82) is 0 Å². The molecule has 5 heteroatoms. The molecular weight excluding hydrogens is 321 g/mol. The molecular formula is C11H10INO3. The van der Waals surface area contributed by atoms with Crippen molar-refractivity contribution in [1.82, 2.24) is 4.40 Å². The van der Waals surface area contributed by atoms with Gasteiger partial charge in [0.15, 0.2) is 5.75 Å². The van der Waals surface area contributed by atoms with Crippen LogP contribution in [0.2, 0.25) is 0 Å². The van der Waals surface area contributed by atoms with Crippen molar-refractivity contribution in [3.05, 3.63) is 33.7 Å². The van der Waals surface area contributed by atoms with Crippen LogP contribution in [0.3, 0.4) is 0 Å². The molecule has 0 aliphatic rings. The summed E-state index contributed by atoms with van der Waals surface area (Å²) in [6, 6.07) is 3.64. The number of esters is 1. The van der Waals surface area contributed by atoms with Gasteiger partial charge in [0.05, 0.1) is 19.7 Å². The van der Waals surface area contributed by atoms with Crippen molar-refractivity contribution in [3.63, 3.8) is 0 Å². The van der Waals surface area contributed by atoms with Gasteiger partial charge in [0.1, 0.15) is 5.56 Å². The van der Waals surface area contributed by atoms with E-state index in [1.54, 1.807) is 13.2 Å². The smallest absolute Gasteiger partial charge is 0.341 e. The summed E-state index contributed by atoms with van der Waals surface area (Å²) in [6.45, 7) is 0. The maximum absolute atomic E-state index is 11.5. The topological polar surface area (TPSA) is 39.9 Å². The number of halogens is 1. The molecule has 2 aromatic rings. The number of methoxy groups -OCH3 is 2. The number of rotatable bonds is 2. The van der Waals surface area contributed by atoms with Crippen LogP contribution in [-0.2, 0) is 4.74 Å². The molecule has 84 valence electrons. The fraction of sp³-hybridized carbons (Fsp3) is 0.182. The Kier molecular flexibility index (Phi) is 3.04. The van der Waals surface area contributed by atoms with Crippen LogP contribution >= 0.6 is 22.6 Å². The number of hydrogen-bond acceptors (Lipinski definition) is 3. The Morgan fingerprint density at radius 3 is 2.81 bits per heavy atom. The van der Waals surface area contributed by atoms with Crippen molar-refractivity contribution in [2.24, 2.45) is 0 Å². The van der Waals surface area contributed by atoms with Gasteiger partial charge in [0, 0.05) is 16.0 Å². The molecule has 0 saturated carbocycles. The van der Waals surface area contributed by atoms with E-state index in [1.165, 1.54) is 7.11 Å². The first-order valence-corrected chi connectivity index (χ1v) is 5.67. The van der Waals surface area contributed by atoms with Gasteiger partial charge in [-0.25, -0.2) is 4.79 Å². The average Bonchev–Trinajstić information content (AvgIpc) is 2.66. The lowest BCUT2D eigenvalue weighted by Crippen LogP contribution is -2.05. The minimum Gasteiger partial charge on any atom is -0.494 e. The van der Waals surface area contributed by atoms with Crippen molar-refractivity contribution in [2.45, 2.75) is 0 Å². The first-order valence-electron chi connectivity index (χ1n) is 4.60. The second-order valence-electron chi connectivity index (χ2n) is 3.21. The van der Waals surface area contributed by atoms with Crippen LogP contribution in [0.15, 0.2) is 24.5 Å². The zero-order valence-electron chi connectivity index (χ0n) is 8.86. The summed E-state index contributed by atoms with van der Waals surface area (Å²) in [5.74, 6) is 0.146. The number of hydrogen-bond donors (Lipinski definition) is 0. The van der Waals surface area contributed by atoms with Gasteiger partial charge >= 0.3 is 5.97 Å². The molecule has 0 bridgehead atoms. The van der Waals surface area contributed by atoms with Gasteiger partial charge in [-0.2, -0.15) is 0 Å². The molecule has 0 aromatic carbocycles. The Morgan fingerprint density at radius 2 is 2.19 bits per heavy atom. The number of nitrogens with zero attached hydrogens (tertiary/aromatic N) is 1. The predicted octanol–water partition coefficient (Wildman–Crippen LogP) is 2.34. The van der Waals surface area contributed by atoms with E-state index in [-0.39, 0.29) is 0 Å². The quantitative estimate of drug-likeness (QED) is 0.626. The van der Waals surface area contributed by atoms with Crippen LogP contribution in [0, 0.1) is 3.57 Å². The van der Waals surface area contributed by atoms with Crippen molar-refractivity contribution in [2.75, 3.05) is 14.2 Å². The highest BCUT2D eigenvalue weighted by atomic mass is 127. The Hall–Kier alpha value is -1.24. The van der Waals surface area contributed by atoms with Crippen molar-refractivity contribution >= 4 is 34.1 Å². The van der Waals surface area contributed by atoms with Crippen LogP contribution in [0.5, 0.6) is 5.75 Å². The average molecular weight is 331 g/mol. The summed E-state index contributed by atoms with van der Waals surface area (Å²) >= 11 is 2.21. The summed E-state index contributed by atoms with van der Waals surface area (Å²) in [7, 11) is 2.90. The first kappa shape index (κ1) is 11.3. The van der Waals surface area contributed by atoms with E-state index in [9.17, 15) is 4.79 Å². The van der Waals surface area contributed by atoms with E-state index in [0.29, 0.717) is 11.3 Å². The molecule has 0 radical (unpaired) electrons. The maximum Gasteiger partial charge on any atom is 0.341 e. The lowest BCUT2D eigenvalue weighted by Gasteiger charge is -2.08. The molecule has 2 heterocycles. The van der Waals surface area contributed by atoms with Gasteiger partial charge in [-0.3, -0.25) is 0 Å². The van der Waals surface area contributed by atoms with Crippen LogP contribution in [0.25, 0.3) is 5.52 Å². The van der Waals surface area contributed by atoms with Crippen LogP contribution in [0.1, 0.15) is 10.4 Å². The first-order chi connectivity index (χ1) is 7.67. The lowest BCUT2D eigenvalue weighted by molar-refractivity contribution is 0.0597. The Morgan fingerprint density at radius 1 is 1.44 bits per heavy atom. The highest BCUT2D eigenvalue weighted by molar-refractivity contribution is 14.1. The van der Waals surface area contributed by atoms with E-state index in [0.717, 1.165) is 9.09 Å². The number of fused-ring (bicyclic) bond motifs is 1. The van der Waals surface area contributed by atoms with E-state index >= 15 is 0 Å². The molecule has 0 aliphatic carbocycles. The van der Waals surface area contributed by atoms with Crippen molar-refractivity contribution in [3.8, 4) is 5.75 Å². The summed E-state index contributed by atoms with van der Waals surface area (Å²) in [5.41, 5.74) is 1.29. The molecule has 0 atom stereocenters. The molecule has 0 amide bonds. The van der Waals surface area contributed by atoms with Crippen LogP contribution in [0.4, 0.5) is 0 Å². The standard InChI is InChI=1S/C11H10INO3/c1-15-10-8(11(14)16-2)3-4-13-6-7(12)5-9(10)13/h3-6H,1-2H3. The predicted molar refractivity (Wildman–Crippen MR) is 68.0 cm³/mol. The summed E-state index contributed by atoms with van der Waals surface area (Å²) < 4.78 is 13.0. The maximum atomic E-state index is 11.5. The zero-order chi connectivity index (χ0) is 11.7. The SMILES string of the molecule is COC(=O)c1ccn2cc(I)cc2c1OC. The second kappa shape index (κ2) is 4.32. The van der Waals surface area contributed by atoms with Gasteiger partial charge in [0.2, 0.25) is 0 Å². The van der Waals surface area contributed by atoms with Gasteiger partial charge in [-0.15, -0.1) is 0 Å². The molecule has 0 saturated heterocycles. The minimum atomic E-state index is -0.393. The molecule has 0 N–H and O–H groups in total. The summed E-state index contributed by atoms with van der Waals surface area (Å²) in [6.07, 6.45) is 3.77. The monoisotopic (exact) mass is 331 g/mol. The number of carbonyl (C=O) groups excluding carboxylic acids is 1. The van der Waals surface area contributed by atoms with E-state index < -0.39 is 5.97 Å². The molecule has 0 aliphatic heterocycles. The Bertz CT molecular complexity index is 547. The van der Waals surface area contributed by atoms with Crippen LogP contribution < -0.4 is 4.74 Å². The number of ether oxygens (including phenoxy) is 2. The number of aromatic nitrogens is 1. The Balaban J connectivity index is 2.71. The Labute approximate surface area is 106 Å². The molecule has 4 nitrogen and oxygen atoms in total. The van der Waals surface area contributed by atoms with Crippen molar-refractivity contribution < 1.29 is 14.3 Å². The third-order valence-electron chi connectivity index (χ3n) is 2.30. The normalized spacial score (nSPS) is 10.4. The fourth-order valence-corrected chi connectivity index (χ4v) is 2.20. The summed E-state index contributed by atoms with van der Waals surface area (Å²) in [4.78, 5) is 11.5. The second-order valence-corrected chi connectivity index (χ2v) is 4.45. The largest absolute Gasteiger partial charge is 0.494 e. The van der Waals surface area contributed by atoms with Gasteiger partial charge < -0.3 is 13.9 Å². The molecule has 2 rings (SSSR count). The third kappa shape index (κ3) is 1.75. The molecule has 0 unspecified atom stereocenters. The number of pyridine rings is 1. The van der Waals surface area contributed by atoms with E-state index in [4.69, 9.17) is 9.47 Å². The third-order valence-corrected chi connectivity index (χ3v) is 2.89. The molecule has 0 spiro atoms. The zero-order valence-corrected chi connectivity index (χ0v) is 11.0. The minimum absolute atomic E-state index is 0.393. The highest BCUT2D eigenvalue weighted by Gasteiger charge is 2.16. The van der Waals surface area contributed by atoms with E-state index in [2.05, 4.69) is 22.6 Å². The van der Waals surface area contributed by atoms with Gasteiger partial charge in [0.25, 0.3) is 0 Å². The fourth-order valence-electron chi connectivity index (χ4n) is 1.60. The van der Waals surface area contributed by atoms with Crippen LogP contribution in [-0.4, -0.2) is 24.6 Å². The van der Waals surface area contributed by atoms with E-state index in [1.807, 2.05) is 22.9 Å². The highest BCUT2D eigenvalue weighted by Crippen LogP contribution is 2.27. The lowest BCUT2D eigenvalue weighted by atomic mass is 10.2.